The maximum Gasteiger partial charge on any atom is 0.119 e. The van der Waals surface area contributed by atoms with E-state index in [1.54, 1.807) is 7.11 Å². The molecule has 4 aromatic rings. The quantitative estimate of drug-likeness (QED) is 0.335. The van der Waals surface area contributed by atoms with Gasteiger partial charge in [0.05, 0.1) is 19.8 Å². The van der Waals surface area contributed by atoms with Crippen LogP contribution in [-0.2, 0) is 11.3 Å². The fraction of sp³-hybridized carbons (Fsp3) is 0.172. The SMILES string of the molecule is COc1ccc2c(c1)C(OCCn1cccc1)CC(c1ccccc1)=C2c1ccccc1. The van der Waals surface area contributed by atoms with E-state index in [2.05, 4.69) is 89.8 Å². The summed E-state index contributed by atoms with van der Waals surface area (Å²) < 4.78 is 14.2. The Balaban J connectivity index is 1.59. The molecule has 0 aliphatic heterocycles. The summed E-state index contributed by atoms with van der Waals surface area (Å²) >= 11 is 0. The monoisotopic (exact) mass is 421 g/mol. The molecule has 32 heavy (non-hydrogen) atoms. The first-order chi connectivity index (χ1) is 15.8. The molecule has 0 amide bonds. The van der Waals surface area contributed by atoms with E-state index in [4.69, 9.17) is 9.47 Å². The number of hydrogen-bond acceptors (Lipinski definition) is 2. The predicted octanol–water partition coefficient (Wildman–Crippen LogP) is 6.62. The highest BCUT2D eigenvalue weighted by molar-refractivity contribution is 6.01. The van der Waals surface area contributed by atoms with Crippen LogP contribution in [-0.4, -0.2) is 18.3 Å². The van der Waals surface area contributed by atoms with Gasteiger partial charge >= 0.3 is 0 Å². The molecule has 3 aromatic carbocycles. The molecule has 1 aliphatic carbocycles. The van der Waals surface area contributed by atoms with E-state index in [-0.39, 0.29) is 6.10 Å². The second-order valence-corrected chi connectivity index (χ2v) is 8.02. The zero-order valence-corrected chi connectivity index (χ0v) is 18.3. The first-order valence-electron chi connectivity index (χ1n) is 11.1. The highest BCUT2D eigenvalue weighted by Gasteiger charge is 2.29. The van der Waals surface area contributed by atoms with Crippen molar-refractivity contribution in [2.24, 2.45) is 0 Å². The Bertz CT molecular complexity index is 1190. The summed E-state index contributed by atoms with van der Waals surface area (Å²) in [7, 11) is 1.72. The molecule has 5 rings (SSSR count). The van der Waals surface area contributed by atoms with Gasteiger partial charge in [0.25, 0.3) is 0 Å². The maximum atomic E-state index is 6.51. The fourth-order valence-electron chi connectivity index (χ4n) is 4.53. The smallest absolute Gasteiger partial charge is 0.119 e. The van der Waals surface area contributed by atoms with Gasteiger partial charge in [-0.3, -0.25) is 0 Å². The van der Waals surface area contributed by atoms with Gasteiger partial charge in [-0.2, -0.15) is 0 Å². The summed E-state index contributed by atoms with van der Waals surface area (Å²) in [5, 5.41) is 0. The van der Waals surface area contributed by atoms with Crippen LogP contribution in [0, 0.1) is 0 Å². The van der Waals surface area contributed by atoms with Crippen molar-refractivity contribution in [3.05, 3.63) is 126 Å². The maximum absolute atomic E-state index is 6.51. The number of rotatable bonds is 7. The summed E-state index contributed by atoms with van der Waals surface area (Å²) in [6.45, 7) is 1.48. The van der Waals surface area contributed by atoms with E-state index in [0.29, 0.717) is 6.61 Å². The molecule has 0 N–H and O–H groups in total. The van der Waals surface area contributed by atoms with E-state index in [9.17, 15) is 0 Å². The molecule has 1 aliphatic rings. The zero-order valence-electron chi connectivity index (χ0n) is 18.3. The molecule has 0 saturated carbocycles. The molecular formula is C29H27NO2. The van der Waals surface area contributed by atoms with Crippen LogP contribution in [0.25, 0.3) is 11.1 Å². The topological polar surface area (TPSA) is 23.4 Å². The van der Waals surface area contributed by atoms with Crippen molar-refractivity contribution >= 4 is 11.1 Å². The Labute approximate surface area is 189 Å². The summed E-state index contributed by atoms with van der Waals surface area (Å²) in [5.74, 6) is 0.860. The van der Waals surface area contributed by atoms with Gasteiger partial charge < -0.3 is 14.0 Å². The van der Waals surface area contributed by atoms with Crippen LogP contribution in [0.15, 0.2) is 103 Å². The van der Waals surface area contributed by atoms with Crippen molar-refractivity contribution in [1.82, 2.24) is 4.57 Å². The molecule has 0 radical (unpaired) electrons. The lowest BCUT2D eigenvalue weighted by Crippen LogP contribution is -2.17. The summed E-state index contributed by atoms with van der Waals surface area (Å²) in [6.07, 6.45) is 4.94. The highest BCUT2D eigenvalue weighted by atomic mass is 16.5. The number of fused-ring (bicyclic) bond motifs is 1. The van der Waals surface area contributed by atoms with Gasteiger partial charge in [0.15, 0.2) is 0 Å². The van der Waals surface area contributed by atoms with Crippen LogP contribution in [0.3, 0.4) is 0 Å². The van der Waals surface area contributed by atoms with Crippen molar-refractivity contribution in [1.29, 1.82) is 0 Å². The van der Waals surface area contributed by atoms with E-state index in [0.717, 1.165) is 18.7 Å². The third-order valence-corrected chi connectivity index (χ3v) is 6.09. The van der Waals surface area contributed by atoms with Crippen molar-refractivity contribution in [3.8, 4) is 5.75 Å². The average Bonchev–Trinajstić information content (AvgIpc) is 3.38. The minimum absolute atomic E-state index is 0.0293. The average molecular weight is 422 g/mol. The van der Waals surface area contributed by atoms with Gasteiger partial charge in [0.2, 0.25) is 0 Å². The normalized spacial score (nSPS) is 15.5. The van der Waals surface area contributed by atoms with E-state index in [1.807, 2.05) is 18.2 Å². The molecule has 0 saturated heterocycles. The summed E-state index contributed by atoms with van der Waals surface area (Å²) in [6, 6.07) is 31.8. The number of ether oxygens (including phenoxy) is 2. The molecule has 0 fully saturated rings. The third kappa shape index (κ3) is 4.12. The van der Waals surface area contributed by atoms with Crippen molar-refractivity contribution in [2.45, 2.75) is 19.1 Å². The number of hydrogen-bond donors (Lipinski definition) is 0. The van der Waals surface area contributed by atoms with Crippen molar-refractivity contribution in [2.75, 3.05) is 13.7 Å². The van der Waals surface area contributed by atoms with Crippen LogP contribution >= 0.6 is 0 Å². The second-order valence-electron chi connectivity index (χ2n) is 8.02. The molecule has 1 aromatic heterocycles. The number of nitrogens with zero attached hydrogens (tertiary/aromatic N) is 1. The largest absolute Gasteiger partial charge is 0.497 e. The zero-order chi connectivity index (χ0) is 21.8. The number of methoxy groups -OCH3 is 1. The Kier molecular flexibility index (Phi) is 5.91. The minimum Gasteiger partial charge on any atom is -0.497 e. The molecular weight excluding hydrogens is 394 g/mol. The van der Waals surface area contributed by atoms with Crippen LogP contribution in [0.4, 0.5) is 0 Å². The molecule has 3 heteroatoms. The molecule has 0 bridgehead atoms. The van der Waals surface area contributed by atoms with E-state index in [1.165, 1.54) is 33.4 Å². The van der Waals surface area contributed by atoms with Gasteiger partial charge in [0, 0.05) is 25.4 Å². The lowest BCUT2D eigenvalue weighted by molar-refractivity contribution is 0.0497. The van der Waals surface area contributed by atoms with Crippen molar-refractivity contribution in [3.63, 3.8) is 0 Å². The molecule has 160 valence electrons. The molecule has 0 spiro atoms. The van der Waals surface area contributed by atoms with Crippen LogP contribution in [0.5, 0.6) is 5.75 Å². The Morgan fingerprint density at radius 2 is 1.50 bits per heavy atom. The fourth-order valence-corrected chi connectivity index (χ4v) is 4.53. The molecule has 1 unspecified atom stereocenters. The molecule has 1 heterocycles. The summed E-state index contributed by atoms with van der Waals surface area (Å²) in [4.78, 5) is 0. The third-order valence-electron chi connectivity index (χ3n) is 6.09. The van der Waals surface area contributed by atoms with Gasteiger partial charge in [-0.05, 0) is 57.7 Å². The van der Waals surface area contributed by atoms with Crippen LogP contribution in [0.2, 0.25) is 0 Å². The van der Waals surface area contributed by atoms with Gasteiger partial charge in [-0.15, -0.1) is 0 Å². The lowest BCUT2D eigenvalue weighted by Gasteiger charge is -2.31. The number of benzene rings is 3. The van der Waals surface area contributed by atoms with E-state index >= 15 is 0 Å². The van der Waals surface area contributed by atoms with Crippen molar-refractivity contribution < 1.29 is 9.47 Å². The van der Waals surface area contributed by atoms with Crippen LogP contribution in [0.1, 0.15) is 34.8 Å². The molecule has 3 nitrogen and oxygen atoms in total. The minimum atomic E-state index is -0.0293. The molecule has 1 atom stereocenters. The lowest BCUT2D eigenvalue weighted by atomic mass is 9.78. The Hall–Kier alpha value is -3.56. The Morgan fingerprint density at radius 3 is 2.19 bits per heavy atom. The van der Waals surface area contributed by atoms with Gasteiger partial charge in [0.1, 0.15) is 5.75 Å². The second kappa shape index (κ2) is 9.29. The van der Waals surface area contributed by atoms with Crippen LogP contribution < -0.4 is 4.74 Å². The Morgan fingerprint density at radius 1 is 0.812 bits per heavy atom. The van der Waals surface area contributed by atoms with Gasteiger partial charge in [-0.25, -0.2) is 0 Å². The van der Waals surface area contributed by atoms with Gasteiger partial charge in [-0.1, -0.05) is 66.7 Å². The standard InChI is InChI=1S/C29H27NO2/c1-31-24-14-15-25-27(20-24)28(32-19-18-30-16-8-9-17-30)21-26(22-10-4-2-5-11-22)29(25)23-12-6-3-7-13-23/h2-17,20,28H,18-19,21H2,1H3. The summed E-state index contributed by atoms with van der Waals surface area (Å²) in [5.41, 5.74) is 7.47. The number of aromatic nitrogens is 1. The first kappa shape index (κ1) is 20.3. The predicted molar refractivity (Wildman–Crippen MR) is 130 cm³/mol. The first-order valence-corrected chi connectivity index (χ1v) is 11.1. The highest BCUT2D eigenvalue weighted by Crippen LogP contribution is 2.47. The van der Waals surface area contributed by atoms with E-state index < -0.39 is 0 Å².